The van der Waals surface area contributed by atoms with Crippen molar-refractivity contribution in [2.45, 2.75) is 33.1 Å². The Kier molecular flexibility index (Phi) is 3.40. The van der Waals surface area contributed by atoms with Crippen LogP contribution in [0.2, 0.25) is 0 Å². The number of Topliss-reactive ketones (excluding diaryl/α,β-unsaturated/α-hetero) is 1. The largest absolute Gasteiger partial charge is 0.294 e. The number of carbonyl (C=O) groups is 1. The predicted molar refractivity (Wildman–Crippen MR) is 61.7 cm³/mol. The lowest BCUT2D eigenvalue weighted by Crippen LogP contribution is -2.29. The quantitative estimate of drug-likeness (QED) is 0.707. The number of aromatic nitrogens is 1. The van der Waals surface area contributed by atoms with Gasteiger partial charge in [0.1, 0.15) is 0 Å². The normalized spacial score (nSPS) is 12.7. The summed E-state index contributed by atoms with van der Waals surface area (Å²) in [6.45, 7) is 7.59. The zero-order chi connectivity index (χ0) is 11.5. The van der Waals surface area contributed by atoms with E-state index in [1.54, 1.807) is 12.4 Å². The van der Waals surface area contributed by atoms with Crippen LogP contribution in [0.5, 0.6) is 0 Å². The number of hydrogen-bond acceptors (Lipinski definition) is 2. The van der Waals surface area contributed by atoms with E-state index in [2.05, 4.69) is 4.98 Å². The lowest BCUT2D eigenvalue weighted by molar-refractivity contribution is -0.119. The topological polar surface area (TPSA) is 30.0 Å². The van der Waals surface area contributed by atoms with Crippen molar-refractivity contribution in [2.24, 2.45) is 0 Å². The molecule has 1 rings (SSSR count). The summed E-state index contributed by atoms with van der Waals surface area (Å²) >= 11 is 0. The van der Waals surface area contributed by atoms with Crippen molar-refractivity contribution in [3.63, 3.8) is 0 Å². The summed E-state index contributed by atoms with van der Waals surface area (Å²) in [4.78, 5) is 16.1. The molecule has 0 N–H and O–H groups in total. The van der Waals surface area contributed by atoms with Gasteiger partial charge < -0.3 is 0 Å². The number of pyridine rings is 1. The molecule has 0 aliphatic carbocycles. The summed E-state index contributed by atoms with van der Waals surface area (Å²) in [6.07, 6.45) is 5.31. The Morgan fingerprint density at radius 2 is 2.13 bits per heavy atom. The molecular weight excluding hydrogens is 186 g/mol. The van der Waals surface area contributed by atoms with Gasteiger partial charge in [0.15, 0.2) is 5.78 Å². The van der Waals surface area contributed by atoms with Gasteiger partial charge in [-0.3, -0.25) is 9.78 Å². The van der Waals surface area contributed by atoms with E-state index in [4.69, 9.17) is 0 Å². The highest BCUT2D eigenvalue weighted by atomic mass is 16.1. The monoisotopic (exact) mass is 203 g/mol. The van der Waals surface area contributed by atoms with Crippen LogP contribution >= 0.6 is 0 Å². The standard InChI is InChI=1S/C13H17NO/c1-5-10(2)12(15)13(3,4)11-7-6-8-14-9-11/h5-9H,1-4H3/b10-5+. The predicted octanol–water partition coefficient (Wildman–Crippen LogP) is 2.89. The van der Waals surface area contributed by atoms with Gasteiger partial charge in [0.2, 0.25) is 0 Å². The second kappa shape index (κ2) is 4.39. The molecular formula is C13H17NO. The van der Waals surface area contributed by atoms with Crippen LogP contribution in [0.4, 0.5) is 0 Å². The van der Waals surface area contributed by atoms with Crippen molar-refractivity contribution in [3.8, 4) is 0 Å². The third-order valence-corrected chi connectivity index (χ3v) is 2.74. The van der Waals surface area contributed by atoms with E-state index in [1.807, 2.05) is 45.9 Å². The second-order valence-electron chi connectivity index (χ2n) is 4.17. The number of rotatable bonds is 3. The first-order valence-corrected chi connectivity index (χ1v) is 5.08. The summed E-state index contributed by atoms with van der Waals surface area (Å²) in [5, 5.41) is 0. The lowest BCUT2D eigenvalue weighted by atomic mass is 9.79. The molecule has 0 spiro atoms. The van der Waals surface area contributed by atoms with Gasteiger partial charge >= 0.3 is 0 Å². The molecule has 0 aliphatic rings. The fourth-order valence-corrected chi connectivity index (χ4v) is 1.49. The molecule has 0 aliphatic heterocycles. The maximum Gasteiger partial charge on any atom is 0.168 e. The third kappa shape index (κ3) is 2.32. The minimum absolute atomic E-state index is 0.151. The van der Waals surface area contributed by atoms with Crippen LogP contribution < -0.4 is 0 Å². The maximum atomic E-state index is 12.1. The first-order valence-electron chi connectivity index (χ1n) is 5.08. The molecule has 0 amide bonds. The zero-order valence-electron chi connectivity index (χ0n) is 9.74. The fraction of sp³-hybridized carbons (Fsp3) is 0.385. The van der Waals surface area contributed by atoms with Crippen molar-refractivity contribution in [3.05, 3.63) is 41.7 Å². The van der Waals surface area contributed by atoms with Crippen molar-refractivity contribution in [1.82, 2.24) is 4.98 Å². The second-order valence-corrected chi connectivity index (χ2v) is 4.17. The molecule has 1 aromatic rings. The van der Waals surface area contributed by atoms with Crippen LogP contribution in [-0.2, 0) is 10.2 Å². The van der Waals surface area contributed by atoms with E-state index >= 15 is 0 Å². The van der Waals surface area contributed by atoms with Gasteiger partial charge in [0.25, 0.3) is 0 Å². The zero-order valence-corrected chi connectivity index (χ0v) is 9.74. The van der Waals surface area contributed by atoms with E-state index < -0.39 is 5.41 Å². The van der Waals surface area contributed by atoms with Crippen molar-refractivity contribution < 1.29 is 4.79 Å². The summed E-state index contributed by atoms with van der Waals surface area (Å²) in [6, 6.07) is 3.79. The number of carbonyl (C=O) groups excluding carboxylic acids is 1. The highest BCUT2D eigenvalue weighted by Gasteiger charge is 2.30. The van der Waals surface area contributed by atoms with Crippen molar-refractivity contribution >= 4 is 5.78 Å². The van der Waals surface area contributed by atoms with E-state index in [-0.39, 0.29) is 5.78 Å². The Morgan fingerprint density at radius 1 is 1.47 bits per heavy atom. The molecule has 1 aromatic heterocycles. The smallest absolute Gasteiger partial charge is 0.168 e. The SMILES string of the molecule is C/C=C(\C)C(=O)C(C)(C)c1cccnc1. The average molecular weight is 203 g/mol. The molecule has 2 nitrogen and oxygen atoms in total. The van der Waals surface area contributed by atoms with Crippen molar-refractivity contribution in [1.29, 1.82) is 0 Å². The van der Waals surface area contributed by atoms with Gasteiger partial charge in [-0.05, 0) is 44.9 Å². The molecule has 15 heavy (non-hydrogen) atoms. The number of nitrogens with zero attached hydrogens (tertiary/aromatic N) is 1. The molecule has 0 saturated carbocycles. The van der Waals surface area contributed by atoms with Crippen LogP contribution in [0.25, 0.3) is 0 Å². The van der Waals surface area contributed by atoms with E-state index in [9.17, 15) is 4.79 Å². The number of ketones is 1. The van der Waals surface area contributed by atoms with Crippen LogP contribution in [-0.4, -0.2) is 10.8 Å². The molecule has 0 unspecified atom stereocenters. The van der Waals surface area contributed by atoms with Crippen LogP contribution in [0, 0.1) is 0 Å². The third-order valence-electron chi connectivity index (χ3n) is 2.74. The number of hydrogen-bond donors (Lipinski definition) is 0. The fourth-order valence-electron chi connectivity index (χ4n) is 1.49. The molecule has 0 atom stereocenters. The summed E-state index contributed by atoms with van der Waals surface area (Å²) in [5.41, 5.74) is 1.25. The minimum atomic E-state index is -0.495. The Bertz CT molecular complexity index is 377. The molecule has 2 heteroatoms. The van der Waals surface area contributed by atoms with Crippen molar-refractivity contribution in [2.75, 3.05) is 0 Å². The Morgan fingerprint density at radius 3 is 2.60 bits per heavy atom. The number of allylic oxidation sites excluding steroid dienone is 2. The molecule has 80 valence electrons. The summed E-state index contributed by atoms with van der Waals surface area (Å²) in [7, 11) is 0. The van der Waals surface area contributed by atoms with Crippen LogP contribution in [0.3, 0.4) is 0 Å². The van der Waals surface area contributed by atoms with E-state index in [0.29, 0.717) is 0 Å². The first-order chi connectivity index (χ1) is 7.00. The maximum absolute atomic E-state index is 12.1. The van der Waals surface area contributed by atoms with Gasteiger partial charge in [0.05, 0.1) is 5.41 Å². The highest BCUT2D eigenvalue weighted by Crippen LogP contribution is 2.26. The first kappa shape index (κ1) is 11.6. The molecule has 1 heterocycles. The Balaban J connectivity index is 3.09. The molecule has 0 radical (unpaired) electrons. The summed E-state index contributed by atoms with van der Waals surface area (Å²) in [5.74, 6) is 0.151. The summed E-state index contributed by atoms with van der Waals surface area (Å²) < 4.78 is 0. The van der Waals surface area contributed by atoms with Gasteiger partial charge in [-0.15, -0.1) is 0 Å². The minimum Gasteiger partial charge on any atom is -0.294 e. The highest BCUT2D eigenvalue weighted by molar-refractivity contribution is 6.02. The molecule has 0 aromatic carbocycles. The Labute approximate surface area is 91.0 Å². The van der Waals surface area contributed by atoms with Gasteiger partial charge in [-0.2, -0.15) is 0 Å². The van der Waals surface area contributed by atoms with Crippen LogP contribution in [0.1, 0.15) is 33.3 Å². The lowest BCUT2D eigenvalue weighted by Gasteiger charge is -2.23. The average Bonchev–Trinajstić information content (AvgIpc) is 2.28. The van der Waals surface area contributed by atoms with Gasteiger partial charge in [-0.25, -0.2) is 0 Å². The van der Waals surface area contributed by atoms with E-state index in [1.165, 1.54) is 0 Å². The van der Waals surface area contributed by atoms with E-state index in [0.717, 1.165) is 11.1 Å². The van der Waals surface area contributed by atoms with Gasteiger partial charge in [0, 0.05) is 12.4 Å². The molecule has 0 fully saturated rings. The molecule has 0 saturated heterocycles. The Hall–Kier alpha value is -1.44. The molecule has 0 bridgehead atoms. The van der Waals surface area contributed by atoms with Gasteiger partial charge in [-0.1, -0.05) is 12.1 Å². The van der Waals surface area contributed by atoms with Crippen LogP contribution in [0.15, 0.2) is 36.2 Å².